The third kappa shape index (κ3) is 9.97. The molecule has 1 fully saturated rings. The number of rotatable bonds is 9. The van der Waals surface area contributed by atoms with Gasteiger partial charge in [-0.1, -0.05) is 82.2 Å². The van der Waals surface area contributed by atoms with Crippen LogP contribution in [0.2, 0.25) is 0 Å². The van der Waals surface area contributed by atoms with Crippen LogP contribution in [-0.2, 0) is 11.3 Å². The van der Waals surface area contributed by atoms with Crippen molar-refractivity contribution >= 4 is 0 Å². The van der Waals surface area contributed by atoms with E-state index in [0.717, 1.165) is 12.5 Å². The van der Waals surface area contributed by atoms with Gasteiger partial charge in [-0.3, -0.25) is 0 Å². The fourth-order valence-corrected chi connectivity index (χ4v) is 3.07. The second-order valence-electron chi connectivity index (χ2n) is 6.49. The van der Waals surface area contributed by atoms with Crippen molar-refractivity contribution in [3.63, 3.8) is 0 Å². The predicted molar refractivity (Wildman–Crippen MR) is 95.6 cm³/mol. The van der Waals surface area contributed by atoms with Gasteiger partial charge in [-0.2, -0.15) is 0 Å². The first kappa shape index (κ1) is 19.2. The summed E-state index contributed by atoms with van der Waals surface area (Å²) in [5.41, 5.74) is 1.49. The topological polar surface area (TPSA) is 35.2 Å². The molecule has 0 amide bonds. The summed E-state index contributed by atoms with van der Waals surface area (Å²) in [6.45, 7) is 3.03. The number of hydrogen-bond acceptors (Lipinski definition) is 2. The Morgan fingerprint density at radius 3 is 2.23 bits per heavy atom. The Kier molecular flexibility index (Phi) is 12.0. The van der Waals surface area contributed by atoms with Gasteiger partial charge < -0.3 is 4.84 Å². The number of unbranched alkanes of at least 4 members (excludes halogenated alkanes) is 5. The minimum Gasteiger partial charge on any atom is -0.304 e. The van der Waals surface area contributed by atoms with E-state index < -0.39 is 0 Å². The van der Waals surface area contributed by atoms with Crippen LogP contribution in [0.3, 0.4) is 0 Å². The standard InChI is InChI=1S/C14H22.C6H13NO/c1-2-3-4-5-6-8-11-14-12-9-7-10-13-14;7-8-5-6-3-1-2-4-6/h7,9-10,12-13H,2-6,8,11H2,1H3;6H,1-5,7H2. The SMILES string of the molecule is CCCCCCCCc1ccccc1.NOCC1CCCC1. The van der Waals surface area contributed by atoms with E-state index in [4.69, 9.17) is 5.90 Å². The highest BCUT2D eigenvalue weighted by molar-refractivity contribution is 5.14. The molecular formula is C20H35NO. The van der Waals surface area contributed by atoms with Crippen LogP contribution in [0.5, 0.6) is 0 Å². The lowest BCUT2D eigenvalue weighted by Gasteiger charge is -2.03. The lowest BCUT2D eigenvalue weighted by atomic mass is 10.1. The molecule has 0 saturated heterocycles. The molecule has 0 atom stereocenters. The van der Waals surface area contributed by atoms with Crippen LogP contribution in [0.4, 0.5) is 0 Å². The molecule has 0 bridgehead atoms. The predicted octanol–water partition coefficient (Wildman–Crippen LogP) is 5.66. The zero-order chi connectivity index (χ0) is 15.9. The maximum Gasteiger partial charge on any atom is 0.0707 e. The maximum atomic E-state index is 4.91. The van der Waals surface area contributed by atoms with Crippen molar-refractivity contribution < 1.29 is 4.84 Å². The molecule has 0 aliphatic heterocycles. The minimum atomic E-state index is 0.764. The average molecular weight is 306 g/mol. The van der Waals surface area contributed by atoms with E-state index in [9.17, 15) is 0 Å². The van der Waals surface area contributed by atoms with Crippen molar-refractivity contribution in [3.8, 4) is 0 Å². The van der Waals surface area contributed by atoms with Crippen LogP contribution in [0, 0.1) is 5.92 Å². The van der Waals surface area contributed by atoms with Crippen LogP contribution in [-0.4, -0.2) is 6.61 Å². The largest absolute Gasteiger partial charge is 0.304 e. The zero-order valence-electron chi connectivity index (χ0n) is 14.4. The summed E-state index contributed by atoms with van der Waals surface area (Å²) in [5, 5.41) is 0. The van der Waals surface area contributed by atoms with Gasteiger partial charge in [-0.05, 0) is 37.2 Å². The first-order valence-electron chi connectivity index (χ1n) is 9.22. The van der Waals surface area contributed by atoms with Crippen LogP contribution in [0.25, 0.3) is 0 Å². The lowest BCUT2D eigenvalue weighted by Crippen LogP contribution is -2.09. The molecule has 1 aliphatic rings. The van der Waals surface area contributed by atoms with Gasteiger partial charge in [-0.15, -0.1) is 0 Å². The first-order valence-corrected chi connectivity index (χ1v) is 9.22. The van der Waals surface area contributed by atoms with Gasteiger partial charge in [0.05, 0.1) is 6.61 Å². The molecule has 22 heavy (non-hydrogen) atoms. The van der Waals surface area contributed by atoms with Crippen LogP contribution < -0.4 is 5.90 Å². The van der Waals surface area contributed by atoms with Gasteiger partial charge in [0, 0.05) is 0 Å². The van der Waals surface area contributed by atoms with Crippen molar-refractivity contribution in [2.45, 2.75) is 77.6 Å². The van der Waals surface area contributed by atoms with E-state index in [2.05, 4.69) is 42.1 Å². The molecule has 0 radical (unpaired) electrons. The van der Waals surface area contributed by atoms with Gasteiger partial charge in [0.1, 0.15) is 0 Å². The Morgan fingerprint density at radius 1 is 0.955 bits per heavy atom. The van der Waals surface area contributed by atoms with E-state index in [1.54, 1.807) is 0 Å². The van der Waals surface area contributed by atoms with Gasteiger partial charge in [0.15, 0.2) is 0 Å². The monoisotopic (exact) mass is 305 g/mol. The second-order valence-corrected chi connectivity index (χ2v) is 6.49. The highest BCUT2D eigenvalue weighted by Crippen LogP contribution is 2.24. The molecule has 2 nitrogen and oxygen atoms in total. The van der Waals surface area contributed by atoms with Crippen molar-refractivity contribution in [3.05, 3.63) is 35.9 Å². The third-order valence-electron chi connectivity index (χ3n) is 4.47. The van der Waals surface area contributed by atoms with Crippen molar-refractivity contribution in [1.29, 1.82) is 0 Å². The highest BCUT2D eigenvalue weighted by Gasteiger charge is 2.13. The molecule has 1 aromatic carbocycles. The Morgan fingerprint density at radius 2 is 1.59 bits per heavy atom. The lowest BCUT2D eigenvalue weighted by molar-refractivity contribution is 0.103. The van der Waals surface area contributed by atoms with Crippen molar-refractivity contribution in [1.82, 2.24) is 0 Å². The minimum absolute atomic E-state index is 0.764. The summed E-state index contributed by atoms with van der Waals surface area (Å²) in [4.78, 5) is 4.53. The van der Waals surface area contributed by atoms with E-state index >= 15 is 0 Å². The Bertz CT molecular complexity index is 333. The van der Waals surface area contributed by atoms with E-state index in [1.165, 1.54) is 76.2 Å². The van der Waals surface area contributed by atoms with Gasteiger partial charge in [0.2, 0.25) is 0 Å². The summed E-state index contributed by atoms with van der Waals surface area (Å²) < 4.78 is 0. The molecule has 0 heterocycles. The van der Waals surface area contributed by atoms with Gasteiger partial charge in [0.25, 0.3) is 0 Å². The molecule has 0 spiro atoms. The first-order chi connectivity index (χ1) is 10.9. The molecule has 0 unspecified atom stereocenters. The fraction of sp³-hybridized carbons (Fsp3) is 0.700. The van der Waals surface area contributed by atoms with Crippen LogP contribution in [0.1, 0.15) is 76.7 Å². The molecule has 2 heteroatoms. The van der Waals surface area contributed by atoms with Gasteiger partial charge in [-0.25, -0.2) is 5.90 Å². The Balaban J connectivity index is 0.000000255. The Labute approximate surface area is 137 Å². The average Bonchev–Trinajstić information content (AvgIpc) is 3.06. The van der Waals surface area contributed by atoms with E-state index in [0.29, 0.717) is 0 Å². The highest BCUT2D eigenvalue weighted by atomic mass is 16.6. The fourth-order valence-electron chi connectivity index (χ4n) is 3.07. The molecular weight excluding hydrogens is 270 g/mol. The zero-order valence-corrected chi connectivity index (χ0v) is 14.4. The molecule has 2 rings (SSSR count). The quantitative estimate of drug-likeness (QED) is 0.472. The third-order valence-corrected chi connectivity index (χ3v) is 4.47. The molecule has 126 valence electrons. The molecule has 1 aromatic rings. The van der Waals surface area contributed by atoms with E-state index in [-0.39, 0.29) is 0 Å². The summed E-state index contributed by atoms with van der Waals surface area (Å²) in [6, 6.07) is 10.8. The van der Waals surface area contributed by atoms with Crippen molar-refractivity contribution in [2.75, 3.05) is 6.61 Å². The molecule has 2 N–H and O–H groups in total. The maximum absolute atomic E-state index is 4.91. The molecule has 0 aromatic heterocycles. The smallest absolute Gasteiger partial charge is 0.0707 e. The summed E-state index contributed by atoms with van der Waals surface area (Å²) in [7, 11) is 0. The van der Waals surface area contributed by atoms with Crippen LogP contribution >= 0.6 is 0 Å². The molecule has 1 saturated carbocycles. The summed E-state index contributed by atoms with van der Waals surface area (Å²) >= 11 is 0. The van der Waals surface area contributed by atoms with E-state index in [1.807, 2.05) is 0 Å². The number of nitrogens with two attached hydrogens (primary N) is 1. The summed E-state index contributed by atoms with van der Waals surface area (Å²) in [5.74, 6) is 5.67. The Hall–Kier alpha value is -0.860. The van der Waals surface area contributed by atoms with Crippen molar-refractivity contribution in [2.24, 2.45) is 11.8 Å². The number of hydrogen-bond donors (Lipinski definition) is 1. The second kappa shape index (κ2) is 13.8. The van der Waals surface area contributed by atoms with Crippen LogP contribution in [0.15, 0.2) is 30.3 Å². The number of benzene rings is 1. The molecule has 1 aliphatic carbocycles. The number of aryl methyl sites for hydroxylation is 1. The van der Waals surface area contributed by atoms with Gasteiger partial charge >= 0.3 is 0 Å². The normalized spacial score (nSPS) is 14.6. The summed E-state index contributed by atoms with van der Waals surface area (Å²) in [6.07, 6.45) is 15.0.